The zero-order valence-electron chi connectivity index (χ0n) is 22.5. The van der Waals surface area contributed by atoms with Crippen LogP contribution in [-0.4, -0.2) is 66.5 Å². The van der Waals surface area contributed by atoms with E-state index in [9.17, 15) is 9.59 Å². The van der Waals surface area contributed by atoms with Crippen LogP contribution in [0.15, 0.2) is 55.0 Å². The van der Waals surface area contributed by atoms with Crippen LogP contribution in [0.5, 0.6) is 0 Å². The van der Waals surface area contributed by atoms with Gasteiger partial charge in [0.15, 0.2) is 0 Å². The molecule has 12 heteroatoms. The highest BCUT2D eigenvalue weighted by molar-refractivity contribution is 6.30. The number of aromatic nitrogens is 6. The Balaban J connectivity index is 1.28. The Bertz CT molecular complexity index is 1600. The third-order valence-corrected chi connectivity index (χ3v) is 7.80. The molecule has 3 unspecified atom stereocenters. The van der Waals surface area contributed by atoms with Gasteiger partial charge in [-0.15, -0.1) is 5.10 Å². The van der Waals surface area contributed by atoms with Gasteiger partial charge in [0.2, 0.25) is 11.8 Å². The van der Waals surface area contributed by atoms with E-state index in [1.807, 2.05) is 31.3 Å². The van der Waals surface area contributed by atoms with Gasteiger partial charge in [0.25, 0.3) is 0 Å². The highest BCUT2D eigenvalue weighted by atomic mass is 35.5. The first kappa shape index (κ1) is 26.9. The summed E-state index contributed by atoms with van der Waals surface area (Å²) in [5, 5.41) is 18.1. The molecular formula is C29H30ClN9O2. The molecule has 1 fully saturated rings. The van der Waals surface area contributed by atoms with Gasteiger partial charge in [-0.1, -0.05) is 23.7 Å². The van der Waals surface area contributed by atoms with Gasteiger partial charge < -0.3 is 20.5 Å². The van der Waals surface area contributed by atoms with Crippen LogP contribution >= 0.6 is 11.6 Å². The van der Waals surface area contributed by atoms with Crippen LogP contribution < -0.4 is 10.6 Å². The third-order valence-electron chi connectivity index (χ3n) is 7.56. The third kappa shape index (κ3) is 6.21. The molecule has 2 amide bonds. The molecule has 3 atom stereocenters. The molecule has 2 aromatic heterocycles. The normalized spacial score (nSPS) is 20.8. The number of amides is 2. The van der Waals surface area contributed by atoms with Crippen molar-refractivity contribution >= 4 is 35.2 Å². The molecule has 2 aliphatic rings. The van der Waals surface area contributed by atoms with Gasteiger partial charge in [-0.05, 0) is 78.6 Å². The molecule has 4 bridgehead atoms. The molecule has 0 aliphatic carbocycles. The van der Waals surface area contributed by atoms with E-state index in [2.05, 4.69) is 36.0 Å². The van der Waals surface area contributed by atoms with E-state index in [-0.39, 0.29) is 17.9 Å². The topological polar surface area (TPSA) is 134 Å². The lowest BCUT2D eigenvalue weighted by molar-refractivity contribution is -0.117. The molecule has 2 aliphatic heterocycles. The van der Waals surface area contributed by atoms with Crippen molar-refractivity contribution < 1.29 is 9.59 Å². The maximum Gasteiger partial charge on any atom is 0.244 e. The van der Waals surface area contributed by atoms with Crippen molar-refractivity contribution in [1.29, 1.82) is 0 Å². The lowest BCUT2D eigenvalue weighted by atomic mass is 9.98. The Hall–Kier alpha value is -4.35. The van der Waals surface area contributed by atoms with Crippen LogP contribution in [-0.2, 0) is 9.59 Å². The number of nitrogens with zero attached hydrogens (tertiary/aromatic N) is 6. The molecule has 0 saturated carbocycles. The van der Waals surface area contributed by atoms with Crippen LogP contribution in [0.2, 0.25) is 5.02 Å². The first-order chi connectivity index (χ1) is 19.9. The number of fused-ring (bicyclic) bond motifs is 6. The minimum atomic E-state index is -0.323. The SMILES string of the molecule is Cc1ccc2c(c1)NC(=O)CCN1CCC(CC(NC(=O)/C=C/c3cc(Cl)ccc3-n3cnnn3)c3nc-2c[nH]3)C1. The number of benzene rings is 2. The molecular weight excluding hydrogens is 542 g/mol. The lowest BCUT2D eigenvalue weighted by Crippen LogP contribution is -2.31. The van der Waals surface area contributed by atoms with Crippen LogP contribution in [0.4, 0.5) is 5.69 Å². The summed E-state index contributed by atoms with van der Waals surface area (Å²) in [5.74, 6) is 0.771. The lowest BCUT2D eigenvalue weighted by Gasteiger charge is -2.21. The molecule has 4 aromatic rings. The molecule has 41 heavy (non-hydrogen) atoms. The Labute approximate surface area is 242 Å². The molecule has 1 saturated heterocycles. The zero-order valence-corrected chi connectivity index (χ0v) is 23.3. The van der Waals surface area contributed by atoms with Gasteiger partial charge in [0, 0.05) is 47.9 Å². The summed E-state index contributed by atoms with van der Waals surface area (Å²) < 4.78 is 1.52. The number of carbonyl (C=O) groups is 2. The molecule has 0 spiro atoms. The summed E-state index contributed by atoms with van der Waals surface area (Å²) in [6.45, 7) is 4.49. The molecule has 6 rings (SSSR count). The highest BCUT2D eigenvalue weighted by Gasteiger charge is 2.29. The molecule has 3 N–H and O–H groups in total. The Morgan fingerprint density at radius 2 is 2.10 bits per heavy atom. The summed E-state index contributed by atoms with van der Waals surface area (Å²) in [4.78, 5) is 36.5. The highest BCUT2D eigenvalue weighted by Crippen LogP contribution is 2.32. The van der Waals surface area contributed by atoms with Crippen LogP contribution in [0, 0.1) is 12.8 Å². The Morgan fingerprint density at radius 1 is 1.20 bits per heavy atom. The van der Waals surface area contributed by atoms with Gasteiger partial charge in [-0.25, -0.2) is 4.98 Å². The first-order valence-corrected chi connectivity index (χ1v) is 14.0. The fourth-order valence-corrected chi connectivity index (χ4v) is 5.70. The van der Waals surface area contributed by atoms with Crippen molar-refractivity contribution in [3.63, 3.8) is 0 Å². The van der Waals surface area contributed by atoms with Crippen molar-refractivity contribution in [2.24, 2.45) is 5.92 Å². The standard InChI is InChI=1S/C29H30ClN9O2/c1-18-2-5-22-23(12-18)33-28(41)9-11-38-10-8-19(16-38)13-24(29-31-15-25(22)35-29)34-27(40)7-3-20-14-21(30)4-6-26(20)39-17-32-36-37-39/h2-7,12,14-15,17,19,24H,8-11,13,16H2,1H3,(H,31,35)(H,33,41)(H,34,40)/b7-3+. The number of tetrazole rings is 1. The summed E-state index contributed by atoms with van der Waals surface area (Å²) in [5.41, 5.74) is 4.71. The van der Waals surface area contributed by atoms with E-state index in [4.69, 9.17) is 16.6 Å². The molecule has 11 nitrogen and oxygen atoms in total. The molecule has 0 radical (unpaired) electrons. The van der Waals surface area contributed by atoms with Crippen molar-refractivity contribution in [3.05, 3.63) is 77.0 Å². The Morgan fingerprint density at radius 3 is 2.95 bits per heavy atom. The van der Waals surface area contributed by atoms with E-state index < -0.39 is 0 Å². The van der Waals surface area contributed by atoms with Crippen molar-refractivity contribution in [2.75, 3.05) is 25.0 Å². The fraction of sp³-hybridized carbons (Fsp3) is 0.310. The quantitative estimate of drug-likeness (QED) is 0.316. The van der Waals surface area contributed by atoms with Gasteiger partial charge in [0.1, 0.15) is 12.2 Å². The average Bonchev–Trinajstić information content (AvgIpc) is 3.73. The number of carbonyl (C=O) groups excluding carboxylic acids is 2. The van der Waals surface area contributed by atoms with Crippen LogP contribution in [0.1, 0.15) is 42.3 Å². The fourth-order valence-electron chi connectivity index (χ4n) is 5.52. The number of nitrogens with one attached hydrogen (secondary N) is 3. The number of anilines is 1. The van der Waals surface area contributed by atoms with E-state index in [1.165, 1.54) is 17.1 Å². The number of rotatable bonds is 4. The number of imidazole rings is 1. The number of aryl methyl sites for hydroxylation is 1. The Kier molecular flexibility index (Phi) is 7.62. The molecule has 210 valence electrons. The van der Waals surface area contributed by atoms with Gasteiger partial charge in [-0.2, -0.15) is 4.68 Å². The molecule has 4 heterocycles. The smallest absolute Gasteiger partial charge is 0.244 e. The van der Waals surface area contributed by atoms with Gasteiger partial charge >= 0.3 is 0 Å². The predicted octanol–water partition coefficient (Wildman–Crippen LogP) is 3.94. The molecule has 2 aromatic carbocycles. The van der Waals surface area contributed by atoms with Gasteiger partial charge in [-0.3, -0.25) is 9.59 Å². The maximum atomic E-state index is 13.3. The largest absolute Gasteiger partial charge is 0.346 e. The predicted molar refractivity (Wildman–Crippen MR) is 155 cm³/mol. The van der Waals surface area contributed by atoms with E-state index in [0.717, 1.165) is 42.7 Å². The minimum absolute atomic E-state index is 0.00649. The van der Waals surface area contributed by atoms with Crippen molar-refractivity contribution in [1.82, 2.24) is 40.4 Å². The maximum absolute atomic E-state index is 13.3. The van der Waals surface area contributed by atoms with Gasteiger partial charge in [0.05, 0.1) is 23.1 Å². The summed E-state index contributed by atoms with van der Waals surface area (Å²) in [7, 11) is 0. The monoisotopic (exact) mass is 571 g/mol. The van der Waals surface area contributed by atoms with Crippen LogP contribution in [0.3, 0.4) is 0 Å². The zero-order chi connectivity index (χ0) is 28.3. The number of hydrogen-bond donors (Lipinski definition) is 3. The number of hydrogen-bond acceptors (Lipinski definition) is 7. The number of H-pyrrole nitrogens is 1. The first-order valence-electron chi connectivity index (χ1n) is 13.6. The van der Waals surface area contributed by atoms with E-state index in [1.54, 1.807) is 24.3 Å². The van der Waals surface area contributed by atoms with E-state index >= 15 is 0 Å². The number of halogens is 1. The second-order valence-electron chi connectivity index (χ2n) is 10.6. The summed E-state index contributed by atoms with van der Waals surface area (Å²) in [6, 6.07) is 10.9. The van der Waals surface area contributed by atoms with Crippen molar-refractivity contribution in [2.45, 2.75) is 32.2 Å². The van der Waals surface area contributed by atoms with Crippen LogP contribution in [0.25, 0.3) is 23.0 Å². The summed E-state index contributed by atoms with van der Waals surface area (Å²) >= 11 is 6.24. The van der Waals surface area contributed by atoms with E-state index in [0.29, 0.717) is 46.7 Å². The summed E-state index contributed by atoms with van der Waals surface area (Å²) in [6.07, 6.45) is 8.65. The second kappa shape index (κ2) is 11.6. The number of aromatic amines is 1. The van der Waals surface area contributed by atoms with Crippen molar-refractivity contribution in [3.8, 4) is 16.9 Å². The second-order valence-corrected chi connectivity index (χ2v) is 11.0. The average molecular weight is 572 g/mol. The minimum Gasteiger partial charge on any atom is -0.346 e.